The van der Waals surface area contributed by atoms with Gasteiger partial charge in [0.2, 0.25) is 11.8 Å². The number of carbonyl (C=O) groups is 3. The lowest BCUT2D eigenvalue weighted by atomic mass is 9.85. The van der Waals surface area contributed by atoms with E-state index in [4.69, 9.17) is 5.11 Å². The second-order valence-corrected chi connectivity index (χ2v) is 10.6. The predicted molar refractivity (Wildman–Crippen MR) is 160 cm³/mol. The second-order valence-electron chi connectivity index (χ2n) is 10.6. The van der Waals surface area contributed by atoms with Crippen molar-refractivity contribution in [3.63, 3.8) is 0 Å². The first kappa shape index (κ1) is 28.6. The van der Waals surface area contributed by atoms with Crippen LogP contribution in [0.3, 0.4) is 0 Å². The molecule has 4 rings (SSSR count). The molecule has 1 aliphatic carbocycles. The molecule has 0 spiro atoms. The van der Waals surface area contributed by atoms with Crippen LogP contribution in [-0.2, 0) is 20.9 Å². The number of rotatable bonds is 9. The summed E-state index contributed by atoms with van der Waals surface area (Å²) in [5.41, 5.74) is 5.80. The minimum Gasteiger partial charge on any atom is -0.478 e. The maximum absolute atomic E-state index is 13.9. The van der Waals surface area contributed by atoms with Gasteiger partial charge in [-0.05, 0) is 78.3 Å². The minimum atomic E-state index is -1.02. The van der Waals surface area contributed by atoms with E-state index in [2.05, 4.69) is 58.7 Å². The molecule has 0 radical (unpaired) electrons. The fourth-order valence-corrected chi connectivity index (χ4v) is 5.19. The summed E-state index contributed by atoms with van der Waals surface area (Å²) >= 11 is 0. The molecule has 0 aliphatic heterocycles. The third-order valence-electron chi connectivity index (χ3n) is 7.36. The fraction of sp³-hybridized carbons (Fsp3) is 0.303. The van der Waals surface area contributed by atoms with Gasteiger partial charge in [0.15, 0.2) is 0 Å². The minimum absolute atomic E-state index is 0.0419. The normalized spacial score (nSPS) is 16.9. The third-order valence-corrected chi connectivity index (χ3v) is 7.36. The molecule has 0 bridgehead atoms. The van der Waals surface area contributed by atoms with Crippen LogP contribution in [0.2, 0.25) is 0 Å². The van der Waals surface area contributed by atoms with Gasteiger partial charge in [0.05, 0.1) is 6.54 Å². The monoisotopic (exact) mass is 539 g/mol. The van der Waals surface area contributed by atoms with Gasteiger partial charge in [-0.15, -0.1) is 0 Å². The molecule has 1 fully saturated rings. The van der Waals surface area contributed by atoms with Crippen LogP contribution in [0.25, 0.3) is 17.2 Å². The number of hydrogen-bond donors (Lipinski definition) is 2. The molecule has 0 saturated heterocycles. The van der Waals surface area contributed by atoms with Crippen molar-refractivity contribution in [1.29, 1.82) is 0 Å². The Kier molecular flexibility index (Phi) is 9.38. The summed E-state index contributed by atoms with van der Waals surface area (Å²) < 4.78 is 0. The zero-order valence-corrected chi connectivity index (χ0v) is 23.3. The first-order chi connectivity index (χ1) is 19.2. The number of nitrogens with one attached hydrogen (secondary N) is 1. The van der Waals surface area contributed by atoms with E-state index in [1.807, 2.05) is 43.3 Å². The van der Waals surface area contributed by atoms with E-state index < -0.39 is 5.97 Å². The van der Waals surface area contributed by atoms with Crippen LogP contribution in [-0.4, -0.2) is 43.0 Å². The van der Waals surface area contributed by atoms with Gasteiger partial charge in [-0.2, -0.15) is 0 Å². The maximum Gasteiger partial charge on any atom is 0.328 e. The molecule has 40 heavy (non-hydrogen) atoms. The van der Waals surface area contributed by atoms with Crippen LogP contribution in [0, 0.1) is 5.92 Å². The van der Waals surface area contributed by atoms with Gasteiger partial charge in [0.1, 0.15) is 0 Å². The Morgan fingerprint density at radius 3 is 2.08 bits per heavy atom. The van der Waals surface area contributed by atoms with Crippen molar-refractivity contribution < 1.29 is 19.5 Å². The number of carbonyl (C=O) groups excluding carboxylic acids is 2. The number of benzene rings is 3. The summed E-state index contributed by atoms with van der Waals surface area (Å²) in [6, 6.07) is 24.2. The molecule has 208 valence electrons. The molecule has 7 nitrogen and oxygen atoms in total. The van der Waals surface area contributed by atoms with E-state index in [-0.39, 0.29) is 23.8 Å². The third kappa shape index (κ3) is 7.59. The Hall–Kier alpha value is -4.39. The van der Waals surface area contributed by atoms with Crippen molar-refractivity contribution in [3.05, 3.63) is 90.0 Å². The van der Waals surface area contributed by atoms with E-state index in [1.54, 1.807) is 0 Å². The molecular formula is C33H37N3O4. The van der Waals surface area contributed by atoms with E-state index in [1.165, 1.54) is 13.0 Å². The first-order valence-electron chi connectivity index (χ1n) is 13.7. The van der Waals surface area contributed by atoms with Crippen molar-refractivity contribution in [1.82, 2.24) is 5.32 Å². The molecular weight excluding hydrogens is 502 g/mol. The van der Waals surface area contributed by atoms with Crippen LogP contribution in [0.4, 0.5) is 11.4 Å². The zero-order chi connectivity index (χ0) is 28.6. The standard InChI is InChI=1S/C33H37N3O4/c1-23(37)34-29-16-12-28(13-17-29)33(40)36(31-6-4-5-24(21-31)9-20-32(38)39)22-25-7-10-26(11-8-25)27-14-18-30(19-15-27)35(2)3/h4-11,14-15,18-21,28-29H,12-13,16-17,22H2,1-3H3,(H,34,37)(H,38,39). The number of aliphatic carboxylic acids is 1. The summed E-state index contributed by atoms with van der Waals surface area (Å²) in [5.74, 6) is -1.16. The molecule has 3 aromatic carbocycles. The van der Waals surface area contributed by atoms with E-state index in [0.717, 1.165) is 47.0 Å². The molecule has 1 aliphatic rings. The molecule has 0 aromatic heterocycles. The highest BCUT2D eigenvalue weighted by Crippen LogP contribution is 2.30. The SMILES string of the molecule is CC(=O)NC1CCC(C(=O)N(Cc2ccc(-c3ccc(N(C)C)cc3)cc2)c2cccc(C=CC(=O)O)c2)CC1. The van der Waals surface area contributed by atoms with Gasteiger partial charge in [-0.3, -0.25) is 9.59 Å². The Balaban J connectivity index is 1.56. The molecule has 2 N–H and O–H groups in total. The van der Waals surface area contributed by atoms with Gasteiger partial charge in [-0.1, -0.05) is 48.5 Å². The molecule has 2 amide bonds. The van der Waals surface area contributed by atoms with Gasteiger partial charge in [0.25, 0.3) is 0 Å². The quantitative estimate of drug-likeness (QED) is 0.338. The van der Waals surface area contributed by atoms with Gasteiger partial charge in [0, 0.05) is 50.4 Å². The Labute approximate surface area is 236 Å². The Morgan fingerprint density at radius 1 is 0.875 bits per heavy atom. The maximum atomic E-state index is 13.9. The average Bonchev–Trinajstić information content (AvgIpc) is 2.95. The first-order valence-corrected chi connectivity index (χ1v) is 13.7. The predicted octanol–water partition coefficient (Wildman–Crippen LogP) is 5.75. The van der Waals surface area contributed by atoms with Crippen LogP contribution in [0.1, 0.15) is 43.7 Å². The Morgan fingerprint density at radius 2 is 1.50 bits per heavy atom. The Bertz CT molecular complexity index is 1360. The summed E-state index contributed by atoms with van der Waals surface area (Å²) in [5, 5.41) is 12.0. The molecule has 0 unspecified atom stereocenters. The van der Waals surface area contributed by atoms with E-state index in [9.17, 15) is 14.4 Å². The fourth-order valence-electron chi connectivity index (χ4n) is 5.19. The molecule has 3 aromatic rings. The van der Waals surface area contributed by atoms with E-state index in [0.29, 0.717) is 24.9 Å². The van der Waals surface area contributed by atoms with E-state index >= 15 is 0 Å². The lowest BCUT2D eigenvalue weighted by Crippen LogP contribution is -2.41. The van der Waals surface area contributed by atoms with Crippen LogP contribution < -0.4 is 15.1 Å². The molecule has 0 heterocycles. The number of hydrogen-bond acceptors (Lipinski definition) is 4. The van der Waals surface area contributed by atoms with Crippen molar-refractivity contribution in [2.24, 2.45) is 5.92 Å². The highest BCUT2D eigenvalue weighted by Gasteiger charge is 2.30. The summed E-state index contributed by atoms with van der Waals surface area (Å²) in [6.07, 6.45) is 5.59. The number of nitrogens with zero attached hydrogens (tertiary/aromatic N) is 2. The molecule has 7 heteroatoms. The lowest BCUT2D eigenvalue weighted by Gasteiger charge is -2.32. The summed E-state index contributed by atoms with van der Waals surface area (Å²) in [7, 11) is 4.04. The number of carboxylic acids is 1. The molecule has 1 saturated carbocycles. The zero-order valence-electron chi connectivity index (χ0n) is 23.3. The van der Waals surface area contributed by atoms with Crippen molar-refractivity contribution >= 4 is 35.2 Å². The molecule has 0 atom stereocenters. The van der Waals surface area contributed by atoms with Crippen LogP contribution in [0.5, 0.6) is 0 Å². The van der Waals surface area contributed by atoms with Crippen molar-refractivity contribution in [2.75, 3.05) is 23.9 Å². The largest absolute Gasteiger partial charge is 0.478 e. The number of carboxylic acid groups (broad SMARTS) is 1. The summed E-state index contributed by atoms with van der Waals surface area (Å²) in [4.78, 5) is 40.3. The average molecular weight is 540 g/mol. The highest BCUT2D eigenvalue weighted by molar-refractivity contribution is 5.95. The van der Waals surface area contributed by atoms with Crippen LogP contribution >= 0.6 is 0 Å². The number of amides is 2. The topological polar surface area (TPSA) is 90.0 Å². The second kappa shape index (κ2) is 13.1. The number of anilines is 2. The summed E-state index contributed by atoms with van der Waals surface area (Å²) in [6.45, 7) is 1.92. The lowest BCUT2D eigenvalue weighted by molar-refractivity contribution is -0.131. The van der Waals surface area contributed by atoms with Gasteiger partial charge < -0.3 is 20.2 Å². The smallest absolute Gasteiger partial charge is 0.328 e. The van der Waals surface area contributed by atoms with Crippen molar-refractivity contribution in [3.8, 4) is 11.1 Å². The highest BCUT2D eigenvalue weighted by atomic mass is 16.4. The van der Waals surface area contributed by atoms with Crippen LogP contribution in [0.15, 0.2) is 78.9 Å². The van der Waals surface area contributed by atoms with Gasteiger partial charge in [-0.25, -0.2) is 4.79 Å². The van der Waals surface area contributed by atoms with Gasteiger partial charge >= 0.3 is 5.97 Å². The van der Waals surface area contributed by atoms with Crippen molar-refractivity contribution in [2.45, 2.75) is 45.2 Å².